The predicted octanol–water partition coefficient (Wildman–Crippen LogP) is 3.52. The first-order valence-electron chi connectivity index (χ1n) is 5.77. The summed E-state index contributed by atoms with van der Waals surface area (Å²) in [7, 11) is 0. The van der Waals surface area contributed by atoms with Crippen molar-refractivity contribution in [2.45, 2.75) is 31.6 Å². The van der Waals surface area contributed by atoms with E-state index in [1.165, 1.54) is 0 Å². The van der Waals surface area contributed by atoms with Gasteiger partial charge in [-0.1, -0.05) is 41.4 Å². The minimum absolute atomic E-state index is 0.0184. The summed E-state index contributed by atoms with van der Waals surface area (Å²) in [5, 5.41) is 2.88. The minimum Gasteiger partial charge on any atom is -0.354 e. The molecule has 1 rings (SSSR count). The van der Waals surface area contributed by atoms with Gasteiger partial charge in [-0.3, -0.25) is 4.79 Å². The van der Waals surface area contributed by atoms with Crippen LogP contribution in [-0.4, -0.2) is 17.8 Å². The van der Waals surface area contributed by atoms with Crippen molar-refractivity contribution in [1.29, 1.82) is 0 Å². The van der Waals surface area contributed by atoms with E-state index in [0.29, 0.717) is 13.0 Å². The molecule has 17 heavy (non-hydrogen) atoms. The lowest BCUT2D eigenvalue weighted by atomic mass is 10.1. The molecule has 0 heterocycles. The van der Waals surface area contributed by atoms with Crippen LogP contribution in [0.5, 0.6) is 0 Å². The molecule has 0 saturated heterocycles. The van der Waals surface area contributed by atoms with Gasteiger partial charge in [0.05, 0.1) is 11.8 Å². The van der Waals surface area contributed by atoms with E-state index >= 15 is 0 Å². The maximum Gasteiger partial charge on any atom is 0.224 e. The SMILES string of the molecule is CCCC(Cl)CNC(=O)Cc1cccc(Br)c1. The van der Waals surface area contributed by atoms with Crippen molar-refractivity contribution in [2.24, 2.45) is 0 Å². The molecular formula is C13H17BrClNO. The molecule has 1 unspecified atom stereocenters. The van der Waals surface area contributed by atoms with E-state index < -0.39 is 0 Å². The van der Waals surface area contributed by atoms with Gasteiger partial charge in [-0.25, -0.2) is 0 Å². The van der Waals surface area contributed by atoms with Crippen molar-refractivity contribution in [1.82, 2.24) is 5.32 Å². The molecule has 0 aliphatic carbocycles. The van der Waals surface area contributed by atoms with E-state index in [1.54, 1.807) is 0 Å². The van der Waals surface area contributed by atoms with Crippen LogP contribution in [0.25, 0.3) is 0 Å². The number of hydrogen-bond acceptors (Lipinski definition) is 1. The van der Waals surface area contributed by atoms with Crippen molar-refractivity contribution < 1.29 is 4.79 Å². The summed E-state index contributed by atoms with van der Waals surface area (Å²) in [6, 6.07) is 7.75. The van der Waals surface area contributed by atoms with Crippen LogP contribution in [0.3, 0.4) is 0 Å². The van der Waals surface area contributed by atoms with Crippen LogP contribution < -0.4 is 5.32 Å². The molecule has 0 fully saturated rings. The number of rotatable bonds is 6. The number of carbonyl (C=O) groups is 1. The average Bonchev–Trinajstić information content (AvgIpc) is 2.27. The maximum atomic E-state index is 11.6. The predicted molar refractivity (Wildman–Crippen MR) is 75.4 cm³/mol. The second kappa shape index (κ2) is 7.72. The summed E-state index contributed by atoms with van der Waals surface area (Å²) < 4.78 is 0.990. The Balaban J connectivity index is 2.34. The van der Waals surface area contributed by atoms with Crippen LogP contribution in [0.15, 0.2) is 28.7 Å². The highest BCUT2D eigenvalue weighted by molar-refractivity contribution is 9.10. The van der Waals surface area contributed by atoms with Crippen LogP contribution in [-0.2, 0) is 11.2 Å². The van der Waals surface area contributed by atoms with Gasteiger partial charge in [0, 0.05) is 11.0 Å². The third kappa shape index (κ3) is 6.08. The number of carbonyl (C=O) groups excluding carboxylic acids is 1. The Kier molecular flexibility index (Phi) is 6.60. The van der Waals surface area contributed by atoms with Gasteiger partial charge in [-0.15, -0.1) is 11.6 Å². The summed E-state index contributed by atoms with van der Waals surface area (Å²) >= 11 is 9.41. The van der Waals surface area contributed by atoms with Crippen LogP contribution in [0, 0.1) is 0 Å². The lowest BCUT2D eigenvalue weighted by Crippen LogP contribution is -2.30. The fourth-order valence-electron chi connectivity index (χ4n) is 1.53. The second-order valence-electron chi connectivity index (χ2n) is 4.00. The molecule has 1 aromatic rings. The van der Waals surface area contributed by atoms with Gasteiger partial charge in [-0.05, 0) is 24.1 Å². The Morgan fingerprint density at radius 2 is 2.29 bits per heavy atom. The summed E-state index contributed by atoms with van der Waals surface area (Å²) in [5.74, 6) is 0.0184. The van der Waals surface area contributed by atoms with E-state index in [9.17, 15) is 4.79 Å². The Morgan fingerprint density at radius 3 is 2.94 bits per heavy atom. The first kappa shape index (κ1) is 14.5. The highest BCUT2D eigenvalue weighted by Gasteiger charge is 2.07. The third-order valence-electron chi connectivity index (χ3n) is 2.38. The molecule has 0 aliphatic heterocycles. The highest BCUT2D eigenvalue weighted by Crippen LogP contribution is 2.12. The average molecular weight is 319 g/mol. The Hall–Kier alpha value is -0.540. The van der Waals surface area contributed by atoms with E-state index in [1.807, 2.05) is 24.3 Å². The van der Waals surface area contributed by atoms with Gasteiger partial charge in [0.25, 0.3) is 0 Å². The van der Waals surface area contributed by atoms with E-state index in [2.05, 4.69) is 28.2 Å². The van der Waals surface area contributed by atoms with Crippen molar-refractivity contribution >= 4 is 33.4 Å². The molecule has 2 nitrogen and oxygen atoms in total. The fourth-order valence-corrected chi connectivity index (χ4v) is 2.28. The molecule has 0 spiro atoms. The monoisotopic (exact) mass is 317 g/mol. The zero-order valence-electron chi connectivity index (χ0n) is 9.88. The zero-order chi connectivity index (χ0) is 12.7. The lowest BCUT2D eigenvalue weighted by molar-refractivity contribution is -0.120. The molecule has 0 radical (unpaired) electrons. The van der Waals surface area contributed by atoms with Crippen molar-refractivity contribution in [3.05, 3.63) is 34.3 Å². The van der Waals surface area contributed by atoms with Gasteiger partial charge in [0.15, 0.2) is 0 Å². The number of alkyl halides is 1. The summed E-state index contributed by atoms with van der Waals surface area (Å²) in [6.07, 6.45) is 2.36. The number of hydrogen-bond donors (Lipinski definition) is 1. The molecule has 1 aromatic carbocycles. The second-order valence-corrected chi connectivity index (χ2v) is 5.53. The molecule has 0 aromatic heterocycles. The molecule has 0 bridgehead atoms. The van der Waals surface area contributed by atoms with Crippen LogP contribution in [0.2, 0.25) is 0 Å². The smallest absolute Gasteiger partial charge is 0.224 e. The van der Waals surface area contributed by atoms with Gasteiger partial charge in [0.2, 0.25) is 5.91 Å². The summed E-state index contributed by atoms with van der Waals surface area (Å²) in [6.45, 7) is 2.63. The van der Waals surface area contributed by atoms with Gasteiger partial charge >= 0.3 is 0 Å². The van der Waals surface area contributed by atoms with E-state index in [-0.39, 0.29) is 11.3 Å². The number of benzene rings is 1. The van der Waals surface area contributed by atoms with Crippen LogP contribution in [0.1, 0.15) is 25.3 Å². The molecule has 1 atom stereocenters. The van der Waals surface area contributed by atoms with Gasteiger partial charge in [-0.2, -0.15) is 0 Å². The molecule has 0 saturated carbocycles. The summed E-state index contributed by atoms with van der Waals surface area (Å²) in [4.78, 5) is 11.6. The standard InChI is InChI=1S/C13H17BrClNO/c1-2-4-12(15)9-16-13(17)8-10-5-3-6-11(14)7-10/h3,5-7,12H,2,4,8-9H2,1H3,(H,16,17). The number of halogens is 2. The molecule has 1 amide bonds. The number of nitrogens with one attached hydrogen (secondary N) is 1. The molecule has 0 aliphatic rings. The summed E-state index contributed by atoms with van der Waals surface area (Å²) in [5.41, 5.74) is 0.999. The molecule has 94 valence electrons. The molecule has 1 N–H and O–H groups in total. The van der Waals surface area contributed by atoms with Gasteiger partial charge in [0.1, 0.15) is 0 Å². The quantitative estimate of drug-likeness (QED) is 0.799. The van der Waals surface area contributed by atoms with Crippen LogP contribution >= 0.6 is 27.5 Å². The molecule has 4 heteroatoms. The van der Waals surface area contributed by atoms with Crippen molar-refractivity contribution in [2.75, 3.05) is 6.54 Å². The Labute approximate surface area is 116 Å². The van der Waals surface area contributed by atoms with Crippen molar-refractivity contribution in [3.8, 4) is 0 Å². The molecular weight excluding hydrogens is 302 g/mol. The normalized spacial score (nSPS) is 12.2. The van der Waals surface area contributed by atoms with E-state index in [0.717, 1.165) is 22.9 Å². The zero-order valence-corrected chi connectivity index (χ0v) is 12.2. The number of amides is 1. The first-order valence-corrected chi connectivity index (χ1v) is 7.00. The van der Waals surface area contributed by atoms with Gasteiger partial charge < -0.3 is 5.32 Å². The largest absolute Gasteiger partial charge is 0.354 e. The minimum atomic E-state index is 0.0184. The fraction of sp³-hybridized carbons (Fsp3) is 0.462. The first-order chi connectivity index (χ1) is 8.11. The highest BCUT2D eigenvalue weighted by atomic mass is 79.9. The Morgan fingerprint density at radius 1 is 1.53 bits per heavy atom. The Bertz CT molecular complexity index is 370. The van der Waals surface area contributed by atoms with Crippen molar-refractivity contribution in [3.63, 3.8) is 0 Å². The van der Waals surface area contributed by atoms with E-state index in [4.69, 9.17) is 11.6 Å². The maximum absolute atomic E-state index is 11.6. The topological polar surface area (TPSA) is 29.1 Å². The lowest BCUT2D eigenvalue weighted by Gasteiger charge is -2.09. The third-order valence-corrected chi connectivity index (χ3v) is 3.24. The van der Waals surface area contributed by atoms with Crippen LogP contribution in [0.4, 0.5) is 0 Å².